The Hall–Kier alpha value is -3.09. The van der Waals surface area contributed by atoms with E-state index in [-0.39, 0.29) is 29.8 Å². The zero-order valence-corrected chi connectivity index (χ0v) is 13.7. The van der Waals surface area contributed by atoms with Gasteiger partial charge in [0.2, 0.25) is 5.91 Å². The summed E-state index contributed by atoms with van der Waals surface area (Å²) in [5.41, 5.74) is 0.351. The molecule has 0 spiro atoms. The quantitative estimate of drug-likeness (QED) is 0.668. The van der Waals surface area contributed by atoms with Gasteiger partial charge in [-0.05, 0) is 43.2 Å². The number of hydrogen-bond acceptors (Lipinski definition) is 2. The summed E-state index contributed by atoms with van der Waals surface area (Å²) in [6.07, 6.45) is 1.67. The van der Waals surface area contributed by atoms with E-state index in [9.17, 15) is 22.8 Å². The number of amides is 2. The average Bonchev–Trinajstić information content (AvgIpc) is 2.65. The van der Waals surface area contributed by atoms with Crippen LogP contribution in [0.25, 0.3) is 0 Å². The van der Waals surface area contributed by atoms with Gasteiger partial charge >= 0.3 is 0 Å². The second kappa shape index (κ2) is 7.03. The zero-order chi connectivity index (χ0) is 18.8. The molecule has 2 aromatic rings. The minimum Gasteiger partial charge on any atom is -0.323 e. The van der Waals surface area contributed by atoms with E-state index in [1.807, 2.05) is 0 Å². The standard InChI is InChI=1S/C19H15F3N2O2/c1-2-16(25)23-12-7-5-11(6-8-12)19(26)24-9-3-4-13-17(22)14(20)10-15(21)18(13)24/h2,5-8,10H,1,3-4,9H2,(H,23,25). The summed E-state index contributed by atoms with van der Waals surface area (Å²) < 4.78 is 41.6. The average molecular weight is 360 g/mol. The van der Waals surface area contributed by atoms with Gasteiger partial charge in [0, 0.05) is 29.4 Å². The van der Waals surface area contributed by atoms with Gasteiger partial charge in [-0.15, -0.1) is 0 Å². The Labute approximate surface area is 147 Å². The number of fused-ring (bicyclic) bond motifs is 1. The number of nitrogens with zero attached hydrogens (tertiary/aromatic N) is 1. The molecule has 1 N–H and O–H groups in total. The van der Waals surface area contributed by atoms with Crippen LogP contribution in [0.1, 0.15) is 22.3 Å². The maximum atomic E-state index is 14.2. The monoisotopic (exact) mass is 360 g/mol. The van der Waals surface area contributed by atoms with Crippen molar-refractivity contribution in [1.82, 2.24) is 0 Å². The highest BCUT2D eigenvalue weighted by atomic mass is 19.2. The van der Waals surface area contributed by atoms with Crippen molar-refractivity contribution < 1.29 is 22.8 Å². The number of carbonyl (C=O) groups is 2. The third-order valence-corrected chi connectivity index (χ3v) is 4.15. The van der Waals surface area contributed by atoms with Crippen molar-refractivity contribution in [1.29, 1.82) is 0 Å². The molecule has 0 aromatic heterocycles. The Morgan fingerprint density at radius 1 is 1.12 bits per heavy atom. The summed E-state index contributed by atoms with van der Waals surface area (Å²) >= 11 is 0. The van der Waals surface area contributed by atoms with E-state index < -0.39 is 29.3 Å². The predicted octanol–water partition coefficient (Wildman–Crippen LogP) is 3.82. The lowest BCUT2D eigenvalue weighted by molar-refractivity contribution is -0.111. The third kappa shape index (κ3) is 3.20. The third-order valence-electron chi connectivity index (χ3n) is 4.15. The summed E-state index contributed by atoms with van der Waals surface area (Å²) in [6, 6.07) is 6.41. The van der Waals surface area contributed by atoms with Crippen LogP contribution in [-0.4, -0.2) is 18.4 Å². The van der Waals surface area contributed by atoms with Gasteiger partial charge in [0.05, 0.1) is 5.69 Å². The molecule has 0 fully saturated rings. The molecule has 7 heteroatoms. The van der Waals surface area contributed by atoms with Crippen molar-refractivity contribution in [3.05, 3.63) is 71.6 Å². The lowest BCUT2D eigenvalue weighted by Gasteiger charge is -2.30. The van der Waals surface area contributed by atoms with Gasteiger partial charge in [0.1, 0.15) is 5.82 Å². The van der Waals surface area contributed by atoms with Gasteiger partial charge in [-0.2, -0.15) is 0 Å². The van der Waals surface area contributed by atoms with Crippen LogP contribution < -0.4 is 10.2 Å². The highest BCUT2D eigenvalue weighted by Crippen LogP contribution is 2.34. The summed E-state index contributed by atoms with van der Waals surface area (Å²) in [5.74, 6) is -4.29. The summed E-state index contributed by atoms with van der Waals surface area (Å²) in [5, 5.41) is 2.54. The summed E-state index contributed by atoms with van der Waals surface area (Å²) in [6.45, 7) is 3.54. The molecule has 26 heavy (non-hydrogen) atoms. The lowest BCUT2D eigenvalue weighted by atomic mass is 9.99. The van der Waals surface area contributed by atoms with E-state index in [0.717, 1.165) is 11.0 Å². The molecule has 0 aliphatic carbocycles. The molecule has 1 heterocycles. The van der Waals surface area contributed by atoms with Crippen molar-refractivity contribution in [2.24, 2.45) is 0 Å². The fourth-order valence-electron chi connectivity index (χ4n) is 2.93. The van der Waals surface area contributed by atoms with Crippen LogP contribution in [0.15, 0.2) is 43.0 Å². The smallest absolute Gasteiger partial charge is 0.258 e. The molecule has 2 amide bonds. The van der Waals surface area contributed by atoms with Crippen LogP contribution in [0.3, 0.4) is 0 Å². The Morgan fingerprint density at radius 2 is 1.81 bits per heavy atom. The minimum atomic E-state index is -1.27. The van der Waals surface area contributed by atoms with Crippen LogP contribution in [0, 0.1) is 17.5 Å². The SMILES string of the molecule is C=CC(=O)Nc1ccc(C(=O)N2CCCc3c(F)c(F)cc(F)c32)cc1. The Bertz CT molecular complexity index is 895. The Balaban J connectivity index is 1.92. The first-order valence-corrected chi connectivity index (χ1v) is 7.94. The fourth-order valence-corrected chi connectivity index (χ4v) is 2.93. The first-order valence-electron chi connectivity index (χ1n) is 7.94. The van der Waals surface area contributed by atoms with Gasteiger partial charge in [-0.25, -0.2) is 13.2 Å². The van der Waals surface area contributed by atoms with E-state index in [1.54, 1.807) is 0 Å². The molecular weight excluding hydrogens is 345 g/mol. The number of halogens is 3. The maximum Gasteiger partial charge on any atom is 0.258 e. The number of benzene rings is 2. The van der Waals surface area contributed by atoms with Crippen molar-refractivity contribution in [2.75, 3.05) is 16.8 Å². The highest BCUT2D eigenvalue weighted by Gasteiger charge is 2.30. The number of nitrogens with one attached hydrogen (secondary N) is 1. The van der Waals surface area contributed by atoms with E-state index >= 15 is 0 Å². The molecule has 0 saturated carbocycles. The second-order valence-electron chi connectivity index (χ2n) is 5.81. The zero-order valence-electron chi connectivity index (χ0n) is 13.7. The van der Waals surface area contributed by atoms with Gasteiger partial charge in [-0.1, -0.05) is 6.58 Å². The van der Waals surface area contributed by atoms with Crippen LogP contribution >= 0.6 is 0 Å². The van der Waals surface area contributed by atoms with Crippen LogP contribution in [0.2, 0.25) is 0 Å². The van der Waals surface area contributed by atoms with Gasteiger partial charge in [0.15, 0.2) is 11.6 Å². The predicted molar refractivity (Wildman–Crippen MR) is 91.6 cm³/mol. The van der Waals surface area contributed by atoms with E-state index in [2.05, 4.69) is 11.9 Å². The molecule has 1 aliphatic rings. The molecule has 0 radical (unpaired) electrons. The van der Waals surface area contributed by atoms with Crippen LogP contribution in [-0.2, 0) is 11.2 Å². The number of anilines is 2. The molecule has 2 aromatic carbocycles. The van der Waals surface area contributed by atoms with Gasteiger partial charge in [-0.3, -0.25) is 9.59 Å². The number of rotatable bonds is 3. The largest absolute Gasteiger partial charge is 0.323 e. The van der Waals surface area contributed by atoms with Crippen molar-refractivity contribution >= 4 is 23.2 Å². The van der Waals surface area contributed by atoms with Gasteiger partial charge < -0.3 is 10.2 Å². The Morgan fingerprint density at radius 3 is 2.46 bits per heavy atom. The molecular formula is C19H15F3N2O2. The first-order chi connectivity index (χ1) is 12.4. The van der Waals surface area contributed by atoms with Crippen LogP contribution in [0.4, 0.5) is 24.5 Å². The van der Waals surface area contributed by atoms with E-state index in [4.69, 9.17) is 0 Å². The number of hydrogen-bond donors (Lipinski definition) is 1. The molecule has 1 aliphatic heterocycles. The molecule has 0 bridgehead atoms. The Kier molecular flexibility index (Phi) is 4.79. The first kappa shape index (κ1) is 17.7. The molecule has 0 saturated heterocycles. The van der Waals surface area contributed by atoms with Crippen molar-refractivity contribution in [3.63, 3.8) is 0 Å². The molecule has 0 unspecified atom stereocenters. The van der Waals surface area contributed by atoms with Crippen molar-refractivity contribution in [3.8, 4) is 0 Å². The van der Waals surface area contributed by atoms with Gasteiger partial charge in [0.25, 0.3) is 5.91 Å². The van der Waals surface area contributed by atoms with E-state index in [1.165, 1.54) is 24.3 Å². The summed E-state index contributed by atoms with van der Waals surface area (Å²) in [4.78, 5) is 25.1. The minimum absolute atomic E-state index is 0.128. The molecule has 134 valence electrons. The lowest BCUT2D eigenvalue weighted by Crippen LogP contribution is -2.37. The van der Waals surface area contributed by atoms with Crippen LogP contribution in [0.5, 0.6) is 0 Å². The highest BCUT2D eigenvalue weighted by molar-refractivity contribution is 6.07. The molecule has 4 nitrogen and oxygen atoms in total. The number of carbonyl (C=O) groups excluding carboxylic acids is 2. The second-order valence-corrected chi connectivity index (χ2v) is 5.81. The molecule has 3 rings (SSSR count). The normalized spacial score (nSPS) is 13.1. The summed E-state index contributed by atoms with van der Waals surface area (Å²) in [7, 11) is 0. The van der Waals surface area contributed by atoms with E-state index in [0.29, 0.717) is 18.2 Å². The topological polar surface area (TPSA) is 49.4 Å². The van der Waals surface area contributed by atoms with Crippen molar-refractivity contribution in [2.45, 2.75) is 12.8 Å². The maximum absolute atomic E-state index is 14.2. The fraction of sp³-hybridized carbons (Fsp3) is 0.158. The molecule has 0 atom stereocenters.